The van der Waals surface area contributed by atoms with Gasteiger partial charge in [0.1, 0.15) is 51.7 Å². The Balaban J connectivity index is 0.000000422. The molecule has 0 aliphatic heterocycles. The summed E-state index contributed by atoms with van der Waals surface area (Å²) in [7, 11) is -7.28. The summed E-state index contributed by atoms with van der Waals surface area (Å²) in [6.45, 7) is 6.14. The Morgan fingerprint density at radius 3 is 2.43 bits per heavy atom. The first kappa shape index (κ1) is 39.1. The molecule has 6 rings (SSSR count). The van der Waals surface area contributed by atoms with Gasteiger partial charge in [-0.05, 0) is 85.3 Å². The van der Waals surface area contributed by atoms with Crippen LogP contribution in [0.1, 0.15) is 22.9 Å². The lowest BCUT2D eigenvalue weighted by molar-refractivity contribution is 0.306. The number of ether oxygens (including phenoxy) is 1. The Morgan fingerprint density at radius 1 is 0.981 bits per heavy atom. The largest absolute Gasteiger partial charge is 0.487 e. The predicted octanol–water partition coefficient (Wildman–Crippen LogP) is 8.11. The summed E-state index contributed by atoms with van der Waals surface area (Å²) in [4.78, 5) is 8.74. The zero-order valence-electron chi connectivity index (χ0n) is 28.7. The third kappa shape index (κ3) is 11.2. The highest BCUT2D eigenvalue weighted by atomic mass is 35.5. The van der Waals surface area contributed by atoms with E-state index in [9.17, 15) is 21.2 Å². The molecule has 2 heterocycles. The van der Waals surface area contributed by atoms with E-state index in [-0.39, 0.29) is 23.1 Å². The zero-order chi connectivity index (χ0) is 38.2. The maximum absolute atomic E-state index is 13.5. The summed E-state index contributed by atoms with van der Waals surface area (Å²) < 4.78 is 78.8. The quantitative estimate of drug-likeness (QED) is 0.0768. The SMILES string of the molecule is C=CCN[C@@H](CS(C)(=O)=O)c1ccc(-c2ccc3ncnc(Nc4ccc(OCc5cccc(F)c5)c(Cl)c4)c3c2)o1.Cc1ccc(S(=O)(=O)O)cc1. The van der Waals surface area contributed by atoms with Gasteiger partial charge < -0.3 is 19.8 Å². The fourth-order valence-corrected chi connectivity index (χ4v) is 6.71. The van der Waals surface area contributed by atoms with Gasteiger partial charge in [-0.25, -0.2) is 22.8 Å². The topological polar surface area (TPSA) is 161 Å². The van der Waals surface area contributed by atoms with E-state index < -0.39 is 26.0 Å². The minimum atomic E-state index is -4.02. The summed E-state index contributed by atoms with van der Waals surface area (Å²) in [5.41, 5.74) is 3.82. The van der Waals surface area contributed by atoms with E-state index in [2.05, 4.69) is 27.2 Å². The van der Waals surface area contributed by atoms with Crippen molar-refractivity contribution in [1.29, 1.82) is 0 Å². The van der Waals surface area contributed by atoms with Crippen molar-refractivity contribution in [1.82, 2.24) is 15.3 Å². The highest BCUT2D eigenvalue weighted by Crippen LogP contribution is 2.33. The molecule has 6 aromatic rings. The molecular weight excluding hydrogens is 743 g/mol. The fraction of sp³-hybridized carbons (Fsp3) is 0.158. The van der Waals surface area contributed by atoms with Crippen LogP contribution in [-0.2, 0) is 26.6 Å². The van der Waals surface area contributed by atoms with Crippen LogP contribution in [0.2, 0.25) is 5.02 Å². The molecule has 0 fully saturated rings. The van der Waals surface area contributed by atoms with Crippen LogP contribution in [0, 0.1) is 12.7 Å². The molecule has 0 saturated carbocycles. The van der Waals surface area contributed by atoms with E-state index in [0.29, 0.717) is 51.4 Å². The molecule has 2 aromatic heterocycles. The summed E-state index contributed by atoms with van der Waals surface area (Å²) in [5.74, 6) is 1.67. The molecule has 0 radical (unpaired) electrons. The average molecular weight is 779 g/mol. The molecule has 53 heavy (non-hydrogen) atoms. The van der Waals surface area contributed by atoms with Crippen molar-refractivity contribution in [3.63, 3.8) is 0 Å². The Labute approximate surface area is 312 Å². The van der Waals surface area contributed by atoms with Gasteiger partial charge in [0.05, 0.1) is 27.2 Å². The Kier molecular flexibility index (Phi) is 12.6. The molecule has 1 atom stereocenters. The van der Waals surface area contributed by atoms with Gasteiger partial charge in [-0.15, -0.1) is 6.58 Å². The maximum Gasteiger partial charge on any atom is 0.294 e. The smallest absolute Gasteiger partial charge is 0.294 e. The molecule has 0 bridgehead atoms. The minimum absolute atomic E-state index is 0.0666. The van der Waals surface area contributed by atoms with E-state index >= 15 is 0 Å². The average Bonchev–Trinajstić information content (AvgIpc) is 3.60. The molecule has 0 amide bonds. The number of nitrogens with zero attached hydrogens (tertiary/aromatic N) is 2. The lowest BCUT2D eigenvalue weighted by atomic mass is 10.1. The zero-order valence-corrected chi connectivity index (χ0v) is 31.1. The number of aromatic nitrogens is 2. The Morgan fingerprint density at radius 2 is 1.75 bits per heavy atom. The van der Waals surface area contributed by atoms with Crippen molar-refractivity contribution in [2.45, 2.75) is 24.5 Å². The standard InChI is InChI=1S/C31H28ClFN4O4S.C7H8O3S/c1-3-13-34-27(18-42(2,38)39)30-12-11-28(41-30)21-7-9-26-24(15-21)31(36-19-35-26)37-23-8-10-29(25(32)16-23)40-17-20-5-4-6-22(33)14-20;1-6-2-4-7(5-3-6)11(8,9)10/h3-12,14-16,19,27,34H,1,13,17-18H2,2H3,(H,35,36,37);2-5H,1H3,(H,8,9,10)/t27-;/m0./s1. The molecule has 0 unspecified atom stereocenters. The maximum atomic E-state index is 13.5. The van der Waals surface area contributed by atoms with Crippen molar-refractivity contribution >= 4 is 54.0 Å². The first-order valence-corrected chi connectivity index (χ1v) is 19.9. The molecule has 0 aliphatic rings. The van der Waals surface area contributed by atoms with Crippen LogP contribution >= 0.6 is 11.6 Å². The van der Waals surface area contributed by atoms with Gasteiger partial charge in [-0.3, -0.25) is 4.55 Å². The Hall–Kier alpha value is -5.12. The number of halogens is 2. The van der Waals surface area contributed by atoms with Gasteiger partial charge in [0, 0.05) is 29.4 Å². The van der Waals surface area contributed by atoms with Crippen LogP contribution in [-0.4, -0.2) is 49.9 Å². The van der Waals surface area contributed by atoms with Crippen LogP contribution in [0.4, 0.5) is 15.9 Å². The van der Waals surface area contributed by atoms with E-state index in [0.717, 1.165) is 16.5 Å². The summed E-state index contributed by atoms with van der Waals surface area (Å²) >= 11 is 6.48. The second-order valence-corrected chi connectivity index (χ2v) is 16.0. The Bertz CT molecular complexity index is 2440. The number of sulfone groups is 1. The third-order valence-electron chi connectivity index (χ3n) is 7.66. The predicted molar refractivity (Wildman–Crippen MR) is 204 cm³/mol. The first-order chi connectivity index (χ1) is 25.2. The number of anilines is 2. The van der Waals surface area contributed by atoms with Crippen molar-refractivity contribution in [2.75, 3.05) is 23.9 Å². The highest BCUT2D eigenvalue weighted by molar-refractivity contribution is 7.90. The van der Waals surface area contributed by atoms with E-state index in [1.807, 2.05) is 31.2 Å². The number of hydrogen-bond donors (Lipinski definition) is 3. The number of furan rings is 1. The minimum Gasteiger partial charge on any atom is -0.487 e. The molecule has 0 saturated heterocycles. The van der Waals surface area contributed by atoms with Crippen molar-refractivity contribution in [3.05, 3.63) is 144 Å². The van der Waals surface area contributed by atoms with Crippen LogP contribution in [0.15, 0.2) is 125 Å². The normalized spacial score (nSPS) is 12.1. The van der Waals surface area contributed by atoms with E-state index in [4.69, 9.17) is 25.3 Å². The van der Waals surface area contributed by atoms with Gasteiger partial charge in [0.15, 0.2) is 0 Å². The van der Waals surface area contributed by atoms with Crippen LogP contribution in [0.3, 0.4) is 0 Å². The number of benzene rings is 4. The van der Waals surface area contributed by atoms with Gasteiger partial charge in [-0.2, -0.15) is 8.42 Å². The molecule has 4 aromatic carbocycles. The highest BCUT2D eigenvalue weighted by Gasteiger charge is 2.21. The van der Waals surface area contributed by atoms with E-state index in [1.165, 1.54) is 36.8 Å². The molecule has 11 nitrogen and oxygen atoms in total. The lowest BCUT2D eigenvalue weighted by Crippen LogP contribution is -2.27. The van der Waals surface area contributed by atoms with E-state index in [1.54, 1.807) is 54.6 Å². The number of rotatable bonds is 13. The van der Waals surface area contributed by atoms with Crippen LogP contribution in [0.25, 0.3) is 22.2 Å². The number of nitrogens with one attached hydrogen (secondary N) is 2. The molecule has 15 heteroatoms. The van der Waals surface area contributed by atoms with Crippen LogP contribution in [0.5, 0.6) is 5.75 Å². The summed E-state index contributed by atoms with van der Waals surface area (Å²) in [6.07, 6.45) is 4.32. The number of hydrogen-bond acceptors (Lipinski definition) is 10. The van der Waals surface area contributed by atoms with Crippen LogP contribution < -0.4 is 15.4 Å². The lowest BCUT2D eigenvalue weighted by Gasteiger charge is -2.14. The number of fused-ring (bicyclic) bond motifs is 1. The van der Waals surface area contributed by atoms with Crippen molar-refractivity contribution in [2.24, 2.45) is 0 Å². The molecule has 0 aliphatic carbocycles. The molecular formula is C38H36ClFN4O7S2. The monoisotopic (exact) mass is 778 g/mol. The molecule has 3 N–H and O–H groups in total. The fourth-order valence-electron chi connectivity index (χ4n) is 5.11. The van der Waals surface area contributed by atoms with Crippen molar-refractivity contribution < 1.29 is 34.9 Å². The number of aryl methyl sites for hydroxylation is 1. The second kappa shape index (κ2) is 17.1. The summed E-state index contributed by atoms with van der Waals surface area (Å²) in [5, 5.41) is 7.56. The first-order valence-electron chi connectivity index (χ1n) is 16.0. The summed E-state index contributed by atoms with van der Waals surface area (Å²) in [6, 6.07) is 26.1. The van der Waals surface area contributed by atoms with Gasteiger partial charge in [0.25, 0.3) is 10.1 Å². The van der Waals surface area contributed by atoms with Gasteiger partial charge in [0.2, 0.25) is 0 Å². The molecule has 0 spiro atoms. The molecule has 276 valence electrons. The third-order valence-corrected chi connectivity index (χ3v) is 9.77. The second-order valence-electron chi connectivity index (χ2n) is 12.0. The van der Waals surface area contributed by atoms with Gasteiger partial charge in [-0.1, -0.05) is 47.5 Å². The van der Waals surface area contributed by atoms with Crippen molar-refractivity contribution in [3.8, 4) is 17.1 Å². The van der Waals surface area contributed by atoms with Gasteiger partial charge >= 0.3 is 0 Å².